The van der Waals surface area contributed by atoms with Crippen LogP contribution in [0.4, 0.5) is 5.69 Å². The maximum absolute atomic E-state index is 12.6. The van der Waals surface area contributed by atoms with Gasteiger partial charge in [-0.3, -0.25) is 19.6 Å². The van der Waals surface area contributed by atoms with E-state index in [1.807, 2.05) is 12.1 Å². The Kier molecular flexibility index (Phi) is 16.3. The molecule has 0 saturated heterocycles. The van der Waals surface area contributed by atoms with E-state index >= 15 is 0 Å². The SMILES string of the molecule is C=C(CCC(=O)NCCSSC(C)CCC(=O)NCCCCCCONO)N1Cc2ccccc2/C=C\c2ccccc21. The minimum atomic E-state index is 0.0348. The van der Waals surface area contributed by atoms with Gasteiger partial charge in [0.25, 0.3) is 0 Å². The Morgan fingerprint density at radius 3 is 2.47 bits per heavy atom. The van der Waals surface area contributed by atoms with Gasteiger partial charge < -0.3 is 15.5 Å². The number of hydrogen-bond donors (Lipinski definition) is 4. The molecule has 0 radical (unpaired) electrons. The zero-order valence-corrected chi connectivity index (χ0v) is 26.8. The van der Waals surface area contributed by atoms with Gasteiger partial charge in [-0.25, -0.2) is 0 Å². The number of hydrogen-bond acceptors (Lipinski definition) is 8. The van der Waals surface area contributed by atoms with Crippen molar-refractivity contribution in [3.05, 3.63) is 77.5 Å². The molecular weight excluding hydrogens is 581 g/mol. The minimum absolute atomic E-state index is 0.0348. The smallest absolute Gasteiger partial charge is 0.220 e. The largest absolute Gasteiger partial charge is 0.356 e. The number of anilines is 1. The first kappa shape index (κ1) is 34.7. The molecule has 43 heavy (non-hydrogen) atoms. The molecule has 2 aromatic carbocycles. The number of rotatable bonds is 20. The zero-order valence-electron chi connectivity index (χ0n) is 25.2. The second-order valence-corrected chi connectivity index (χ2v) is 13.5. The highest BCUT2D eigenvalue weighted by Crippen LogP contribution is 2.32. The number of amides is 2. The fourth-order valence-electron chi connectivity index (χ4n) is 4.71. The van der Waals surface area contributed by atoms with Gasteiger partial charge in [0.2, 0.25) is 11.8 Å². The summed E-state index contributed by atoms with van der Waals surface area (Å²) in [6.45, 7) is 8.99. The molecule has 3 rings (SSSR count). The molecule has 0 aromatic heterocycles. The molecule has 1 unspecified atom stereocenters. The van der Waals surface area contributed by atoms with Gasteiger partial charge in [-0.05, 0) is 48.4 Å². The lowest BCUT2D eigenvalue weighted by atomic mass is 10.00. The van der Waals surface area contributed by atoms with E-state index in [0.29, 0.717) is 50.8 Å². The zero-order chi connectivity index (χ0) is 30.7. The van der Waals surface area contributed by atoms with Crippen molar-refractivity contribution in [2.75, 3.05) is 30.3 Å². The van der Waals surface area contributed by atoms with E-state index in [2.05, 4.69) is 82.4 Å². The number of allylic oxidation sites excluding steroid dienone is 1. The Balaban J connectivity index is 1.27. The van der Waals surface area contributed by atoms with Crippen LogP contribution in [0.2, 0.25) is 0 Å². The monoisotopic (exact) mass is 626 g/mol. The first-order valence-corrected chi connectivity index (χ1v) is 17.5. The van der Waals surface area contributed by atoms with Crippen molar-refractivity contribution in [1.82, 2.24) is 16.3 Å². The summed E-state index contributed by atoms with van der Waals surface area (Å²) in [5.74, 6) is 0.947. The van der Waals surface area contributed by atoms with Gasteiger partial charge in [-0.2, -0.15) is 0 Å². The van der Waals surface area contributed by atoms with Crippen LogP contribution < -0.4 is 21.2 Å². The number of nitrogens with one attached hydrogen (secondary N) is 3. The van der Waals surface area contributed by atoms with E-state index in [1.165, 1.54) is 11.1 Å². The molecule has 0 fully saturated rings. The average Bonchev–Trinajstić information content (AvgIpc) is 3.01. The predicted molar refractivity (Wildman–Crippen MR) is 180 cm³/mol. The molecule has 0 bridgehead atoms. The van der Waals surface area contributed by atoms with Crippen LogP contribution in [-0.4, -0.2) is 47.7 Å². The van der Waals surface area contributed by atoms with Gasteiger partial charge in [0.05, 0.1) is 6.61 Å². The van der Waals surface area contributed by atoms with Crippen LogP contribution in [0.25, 0.3) is 12.2 Å². The Morgan fingerprint density at radius 2 is 1.63 bits per heavy atom. The molecule has 1 aliphatic heterocycles. The lowest BCUT2D eigenvalue weighted by Gasteiger charge is -2.30. The summed E-state index contributed by atoms with van der Waals surface area (Å²) in [5, 5.41) is 14.7. The summed E-state index contributed by atoms with van der Waals surface area (Å²) in [4.78, 5) is 31.6. The third-order valence-corrected chi connectivity index (χ3v) is 10.1. The van der Waals surface area contributed by atoms with Crippen LogP contribution in [0.1, 0.15) is 75.0 Å². The molecule has 8 nitrogen and oxygen atoms in total. The summed E-state index contributed by atoms with van der Waals surface area (Å²) in [6.07, 6.45) is 10.5. The number of fused-ring (bicyclic) bond motifs is 2. The third kappa shape index (κ3) is 13.2. The highest BCUT2D eigenvalue weighted by Gasteiger charge is 2.18. The van der Waals surface area contributed by atoms with Crippen LogP contribution in [0, 0.1) is 0 Å². The Morgan fingerprint density at radius 1 is 0.930 bits per heavy atom. The number of benzene rings is 2. The first-order chi connectivity index (χ1) is 21.0. The quantitative estimate of drug-likeness (QED) is 0.0730. The number of para-hydroxylation sites is 1. The molecule has 0 spiro atoms. The highest BCUT2D eigenvalue weighted by molar-refractivity contribution is 8.76. The maximum atomic E-state index is 12.6. The molecule has 10 heteroatoms. The molecule has 2 amide bonds. The predicted octanol–water partition coefficient (Wildman–Crippen LogP) is 6.72. The molecule has 4 N–H and O–H groups in total. The minimum Gasteiger partial charge on any atom is -0.356 e. The van der Waals surface area contributed by atoms with Crippen molar-refractivity contribution in [3.8, 4) is 0 Å². The molecule has 1 atom stereocenters. The van der Waals surface area contributed by atoms with Crippen LogP contribution >= 0.6 is 21.6 Å². The van der Waals surface area contributed by atoms with Crippen LogP contribution in [0.5, 0.6) is 0 Å². The first-order valence-electron chi connectivity index (χ1n) is 15.1. The molecule has 2 aromatic rings. The van der Waals surface area contributed by atoms with Gasteiger partial charge in [-0.15, -0.1) is 0 Å². The van der Waals surface area contributed by atoms with E-state index in [1.54, 1.807) is 27.2 Å². The van der Waals surface area contributed by atoms with Gasteiger partial charge in [0.1, 0.15) is 0 Å². The van der Waals surface area contributed by atoms with E-state index in [0.717, 1.165) is 54.8 Å². The van der Waals surface area contributed by atoms with Gasteiger partial charge in [0.15, 0.2) is 0 Å². The second kappa shape index (κ2) is 20.2. The van der Waals surface area contributed by atoms with Gasteiger partial charge in [0, 0.05) is 54.9 Å². The normalized spacial score (nSPS) is 13.7. The summed E-state index contributed by atoms with van der Waals surface area (Å²) in [7, 11) is 3.50. The maximum Gasteiger partial charge on any atom is 0.220 e. The molecule has 1 aliphatic rings. The Hall–Kier alpha value is -2.76. The highest BCUT2D eigenvalue weighted by atomic mass is 33.1. The number of carbonyl (C=O) groups excluding carboxylic acids is 2. The summed E-state index contributed by atoms with van der Waals surface area (Å²) >= 11 is 0. The number of unbranched alkanes of at least 4 members (excludes halogenated alkanes) is 3. The molecule has 1 heterocycles. The van der Waals surface area contributed by atoms with Crippen LogP contribution in [0.3, 0.4) is 0 Å². The Bertz CT molecular complexity index is 1190. The van der Waals surface area contributed by atoms with E-state index in [9.17, 15) is 9.59 Å². The molecule has 0 saturated carbocycles. The fourth-order valence-corrected chi connectivity index (χ4v) is 6.96. The van der Waals surface area contributed by atoms with E-state index < -0.39 is 0 Å². The van der Waals surface area contributed by atoms with Gasteiger partial charge >= 0.3 is 0 Å². The van der Waals surface area contributed by atoms with E-state index in [4.69, 9.17) is 5.21 Å². The molecule has 0 aliphatic carbocycles. The van der Waals surface area contributed by atoms with Crippen LogP contribution in [-0.2, 0) is 21.0 Å². The van der Waals surface area contributed by atoms with Crippen molar-refractivity contribution in [1.29, 1.82) is 0 Å². The summed E-state index contributed by atoms with van der Waals surface area (Å²) in [5.41, 5.74) is 7.27. The van der Waals surface area contributed by atoms with Crippen LogP contribution in [0.15, 0.2) is 60.8 Å². The van der Waals surface area contributed by atoms with Crippen molar-refractivity contribution in [2.24, 2.45) is 0 Å². The Labute approximate surface area is 264 Å². The van der Waals surface area contributed by atoms with Crippen molar-refractivity contribution in [2.45, 2.75) is 70.1 Å². The standard InChI is InChI=1S/C33H46N4O4S2/c1-26(37-25-30-13-6-5-11-28(30)17-18-29-12-7-8-14-31(29)37)15-19-32(38)35-22-24-42-43-27(2)16-20-33(39)34-21-9-3-4-10-23-41-36-40/h5-8,11-14,17-18,27,36,40H,1,3-4,9-10,15-16,19-25H2,2H3,(H,34,39)(H,35,38)/b18-17-. The number of nitrogens with zero attached hydrogens (tertiary/aromatic N) is 1. The van der Waals surface area contributed by atoms with E-state index in [-0.39, 0.29) is 11.8 Å². The lowest BCUT2D eigenvalue weighted by Crippen LogP contribution is -2.28. The van der Waals surface area contributed by atoms with Crippen molar-refractivity contribution in [3.63, 3.8) is 0 Å². The summed E-state index contributed by atoms with van der Waals surface area (Å²) < 4.78 is 0. The molecule has 234 valence electrons. The van der Waals surface area contributed by atoms with Crippen molar-refractivity contribution < 1.29 is 19.6 Å². The number of carbonyl (C=O) groups is 2. The average molecular weight is 627 g/mol. The fraction of sp³-hybridized carbons (Fsp3) is 0.455. The topological polar surface area (TPSA) is 103 Å². The second-order valence-electron chi connectivity index (χ2n) is 10.6. The third-order valence-electron chi connectivity index (χ3n) is 7.15. The van der Waals surface area contributed by atoms with Crippen molar-refractivity contribution >= 4 is 51.2 Å². The summed E-state index contributed by atoms with van der Waals surface area (Å²) in [6, 6.07) is 16.7. The molecular formula is C33H46N4O4S2. The lowest BCUT2D eigenvalue weighted by molar-refractivity contribution is -0.127. The van der Waals surface area contributed by atoms with Gasteiger partial charge in [-0.1, -0.05) is 108 Å².